The van der Waals surface area contributed by atoms with Crippen LogP contribution in [0.1, 0.15) is 13.3 Å². The summed E-state index contributed by atoms with van der Waals surface area (Å²) in [5, 5.41) is 8.76. The molecular formula is C7H12O2. The van der Waals surface area contributed by atoms with E-state index in [4.69, 9.17) is 9.84 Å². The largest absolute Gasteiger partial charge is 0.394 e. The number of hydrogen-bond donors (Lipinski definition) is 1. The molecule has 1 saturated heterocycles. The molecule has 1 aliphatic heterocycles. The quantitative estimate of drug-likeness (QED) is 0.554. The van der Waals surface area contributed by atoms with Crippen molar-refractivity contribution in [1.82, 2.24) is 0 Å². The van der Waals surface area contributed by atoms with Crippen LogP contribution >= 0.6 is 0 Å². The first-order valence-electron chi connectivity index (χ1n) is 3.59. The summed E-state index contributed by atoms with van der Waals surface area (Å²) in [7, 11) is 0. The van der Waals surface area contributed by atoms with Crippen molar-refractivity contribution in [3.05, 3.63) is 0 Å². The third-order valence-corrected chi connectivity index (χ3v) is 2.54. The molecule has 9 heavy (non-hydrogen) atoms. The average Bonchev–Trinajstić information content (AvgIpc) is 2.56. The van der Waals surface area contributed by atoms with Gasteiger partial charge in [0.05, 0.1) is 18.8 Å². The van der Waals surface area contributed by atoms with Crippen LogP contribution < -0.4 is 0 Å². The molecule has 1 saturated carbocycles. The number of aliphatic hydroxyl groups excluding tert-OH is 1. The standard InChI is InChI=1S/C7H12O2/c1-4-5-2-6(5)7(3-8)9-4/h4-8H,2-3H2,1H3. The van der Waals surface area contributed by atoms with Crippen LogP contribution in [0.3, 0.4) is 0 Å². The molecule has 2 nitrogen and oxygen atoms in total. The van der Waals surface area contributed by atoms with Gasteiger partial charge in [-0.2, -0.15) is 0 Å². The summed E-state index contributed by atoms with van der Waals surface area (Å²) in [6, 6.07) is 0. The predicted molar refractivity (Wildman–Crippen MR) is 33.0 cm³/mol. The van der Waals surface area contributed by atoms with Gasteiger partial charge >= 0.3 is 0 Å². The molecule has 1 aliphatic carbocycles. The van der Waals surface area contributed by atoms with Crippen molar-refractivity contribution in [2.75, 3.05) is 6.61 Å². The molecule has 1 N–H and O–H groups in total. The van der Waals surface area contributed by atoms with Gasteiger partial charge in [0.2, 0.25) is 0 Å². The lowest BCUT2D eigenvalue weighted by molar-refractivity contribution is -0.00680. The van der Waals surface area contributed by atoms with Crippen LogP contribution in [0.2, 0.25) is 0 Å². The highest BCUT2D eigenvalue weighted by molar-refractivity contribution is 5.00. The van der Waals surface area contributed by atoms with Crippen molar-refractivity contribution in [2.45, 2.75) is 25.6 Å². The first kappa shape index (κ1) is 5.69. The summed E-state index contributed by atoms with van der Waals surface area (Å²) in [5.41, 5.74) is 0. The van der Waals surface area contributed by atoms with Gasteiger partial charge in [-0.3, -0.25) is 0 Å². The van der Waals surface area contributed by atoms with E-state index in [1.807, 2.05) is 0 Å². The molecule has 2 heteroatoms. The molecule has 1 heterocycles. The smallest absolute Gasteiger partial charge is 0.0841 e. The van der Waals surface area contributed by atoms with Crippen molar-refractivity contribution < 1.29 is 9.84 Å². The Morgan fingerprint density at radius 2 is 2.33 bits per heavy atom. The fourth-order valence-corrected chi connectivity index (χ4v) is 1.86. The van der Waals surface area contributed by atoms with Gasteiger partial charge in [-0.25, -0.2) is 0 Å². The molecule has 4 unspecified atom stereocenters. The molecular weight excluding hydrogens is 116 g/mol. The van der Waals surface area contributed by atoms with E-state index in [1.165, 1.54) is 6.42 Å². The minimum absolute atomic E-state index is 0.171. The first-order valence-corrected chi connectivity index (χ1v) is 3.59. The molecule has 0 spiro atoms. The van der Waals surface area contributed by atoms with Gasteiger partial charge in [-0.15, -0.1) is 0 Å². The summed E-state index contributed by atoms with van der Waals surface area (Å²) in [6.07, 6.45) is 1.86. The van der Waals surface area contributed by atoms with Gasteiger partial charge in [0.1, 0.15) is 0 Å². The minimum Gasteiger partial charge on any atom is -0.394 e. The van der Waals surface area contributed by atoms with E-state index in [0.717, 1.165) is 5.92 Å². The Labute approximate surface area is 54.8 Å². The fraction of sp³-hybridized carbons (Fsp3) is 1.00. The molecule has 0 amide bonds. The maximum atomic E-state index is 8.76. The van der Waals surface area contributed by atoms with Crippen LogP contribution in [0.25, 0.3) is 0 Å². The fourth-order valence-electron chi connectivity index (χ4n) is 1.86. The number of aliphatic hydroxyl groups is 1. The van der Waals surface area contributed by atoms with E-state index in [9.17, 15) is 0 Å². The molecule has 2 aliphatic rings. The van der Waals surface area contributed by atoms with Crippen molar-refractivity contribution in [2.24, 2.45) is 11.8 Å². The van der Waals surface area contributed by atoms with Crippen LogP contribution in [-0.4, -0.2) is 23.9 Å². The molecule has 2 rings (SSSR count). The zero-order valence-corrected chi connectivity index (χ0v) is 5.58. The van der Waals surface area contributed by atoms with E-state index in [2.05, 4.69) is 6.92 Å². The highest BCUT2D eigenvalue weighted by Gasteiger charge is 2.53. The van der Waals surface area contributed by atoms with E-state index >= 15 is 0 Å². The van der Waals surface area contributed by atoms with Gasteiger partial charge in [0.15, 0.2) is 0 Å². The highest BCUT2D eigenvalue weighted by Crippen LogP contribution is 2.51. The van der Waals surface area contributed by atoms with Crippen LogP contribution in [0.15, 0.2) is 0 Å². The molecule has 0 aromatic rings. The Kier molecular flexibility index (Phi) is 1.08. The van der Waals surface area contributed by atoms with Gasteiger partial charge in [-0.1, -0.05) is 0 Å². The van der Waals surface area contributed by atoms with E-state index in [-0.39, 0.29) is 12.7 Å². The Hall–Kier alpha value is -0.0800. The van der Waals surface area contributed by atoms with Crippen molar-refractivity contribution >= 4 is 0 Å². The summed E-state index contributed by atoms with van der Waals surface area (Å²) < 4.78 is 5.42. The molecule has 0 aromatic carbocycles. The molecule has 52 valence electrons. The van der Waals surface area contributed by atoms with Gasteiger partial charge < -0.3 is 9.84 Å². The Morgan fingerprint density at radius 3 is 2.56 bits per heavy atom. The lowest BCUT2D eigenvalue weighted by Gasteiger charge is -2.11. The Morgan fingerprint density at radius 1 is 1.56 bits per heavy atom. The Balaban J connectivity index is 2.00. The number of hydrogen-bond acceptors (Lipinski definition) is 2. The molecule has 0 radical (unpaired) electrons. The van der Waals surface area contributed by atoms with Crippen LogP contribution in [0, 0.1) is 11.8 Å². The normalized spacial score (nSPS) is 55.3. The number of ether oxygens (including phenoxy) is 1. The maximum Gasteiger partial charge on any atom is 0.0841 e. The minimum atomic E-state index is 0.171. The summed E-state index contributed by atoms with van der Waals surface area (Å²) >= 11 is 0. The topological polar surface area (TPSA) is 29.5 Å². The lowest BCUT2D eigenvalue weighted by Crippen LogP contribution is -2.18. The first-order chi connectivity index (χ1) is 4.33. The van der Waals surface area contributed by atoms with Crippen LogP contribution in [0.4, 0.5) is 0 Å². The molecule has 2 fully saturated rings. The second kappa shape index (κ2) is 1.70. The third kappa shape index (κ3) is 0.700. The zero-order valence-electron chi connectivity index (χ0n) is 5.58. The predicted octanol–water partition coefficient (Wildman–Crippen LogP) is 0.402. The van der Waals surface area contributed by atoms with E-state index < -0.39 is 0 Å². The van der Waals surface area contributed by atoms with Gasteiger partial charge in [-0.05, 0) is 25.2 Å². The second-order valence-electron chi connectivity index (χ2n) is 3.13. The molecule has 0 aromatic heterocycles. The highest BCUT2D eigenvalue weighted by atomic mass is 16.5. The Bertz CT molecular complexity index is 124. The van der Waals surface area contributed by atoms with Gasteiger partial charge in [0, 0.05) is 0 Å². The lowest BCUT2D eigenvalue weighted by atomic mass is 10.2. The third-order valence-electron chi connectivity index (χ3n) is 2.54. The van der Waals surface area contributed by atoms with Crippen molar-refractivity contribution in [1.29, 1.82) is 0 Å². The zero-order chi connectivity index (χ0) is 6.43. The second-order valence-corrected chi connectivity index (χ2v) is 3.13. The average molecular weight is 128 g/mol. The van der Waals surface area contributed by atoms with Crippen molar-refractivity contribution in [3.8, 4) is 0 Å². The van der Waals surface area contributed by atoms with Crippen LogP contribution in [0.5, 0.6) is 0 Å². The SMILES string of the molecule is CC1OC(CO)C2CC12. The van der Waals surface area contributed by atoms with Crippen molar-refractivity contribution in [3.63, 3.8) is 0 Å². The summed E-state index contributed by atoms with van der Waals surface area (Å²) in [4.78, 5) is 0. The molecule has 0 bridgehead atoms. The van der Waals surface area contributed by atoms with Gasteiger partial charge in [0.25, 0.3) is 0 Å². The molecule has 4 atom stereocenters. The van der Waals surface area contributed by atoms with E-state index in [1.54, 1.807) is 0 Å². The summed E-state index contributed by atoms with van der Waals surface area (Å²) in [5.74, 6) is 1.48. The monoisotopic (exact) mass is 128 g/mol. The number of fused-ring (bicyclic) bond motifs is 1. The van der Waals surface area contributed by atoms with Crippen LogP contribution in [-0.2, 0) is 4.74 Å². The number of rotatable bonds is 1. The maximum absolute atomic E-state index is 8.76. The van der Waals surface area contributed by atoms with E-state index in [0.29, 0.717) is 12.0 Å². The summed E-state index contributed by atoms with van der Waals surface area (Å²) in [6.45, 7) is 2.31.